The van der Waals surface area contributed by atoms with Crippen molar-refractivity contribution in [1.29, 1.82) is 0 Å². The van der Waals surface area contributed by atoms with E-state index in [9.17, 15) is 14.4 Å². The first-order chi connectivity index (χ1) is 16.0. The molecule has 1 aliphatic rings. The molecule has 0 bridgehead atoms. The predicted molar refractivity (Wildman–Crippen MR) is 124 cm³/mol. The molecule has 1 aliphatic heterocycles. The molecular formula is C25H23NO6S. The summed E-state index contributed by atoms with van der Waals surface area (Å²) in [6.45, 7) is 5.40. The van der Waals surface area contributed by atoms with Gasteiger partial charge in [-0.2, -0.15) is 0 Å². The summed E-state index contributed by atoms with van der Waals surface area (Å²) < 4.78 is 16.3. The van der Waals surface area contributed by atoms with E-state index in [0.29, 0.717) is 28.2 Å². The van der Waals surface area contributed by atoms with Crippen LogP contribution in [0.4, 0.5) is 5.00 Å². The Bertz CT molecular complexity index is 1190. The summed E-state index contributed by atoms with van der Waals surface area (Å²) in [5.74, 6) is -0.971. The third-order valence-corrected chi connectivity index (χ3v) is 6.45. The fraction of sp³-hybridized carbons (Fsp3) is 0.240. The highest BCUT2D eigenvalue weighted by molar-refractivity contribution is 7.18. The first kappa shape index (κ1) is 22.5. The molecule has 33 heavy (non-hydrogen) atoms. The molecule has 0 atom stereocenters. The molecule has 2 aromatic carbocycles. The molecule has 7 nitrogen and oxygen atoms in total. The summed E-state index contributed by atoms with van der Waals surface area (Å²) in [5.41, 5.74) is 2.00. The van der Waals surface area contributed by atoms with Crippen molar-refractivity contribution in [3.8, 4) is 11.5 Å². The average Bonchev–Trinajstić information content (AvgIpc) is 3.13. The van der Waals surface area contributed by atoms with Crippen LogP contribution in [-0.4, -0.2) is 31.1 Å². The Labute approximate surface area is 195 Å². The number of carbonyl (C=O) groups is 3. The molecule has 1 amide bonds. The van der Waals surface area contributed by atoms with Crippen LogP contribution in [0.15, 0.2) is 48.5 Å². The largest absolute Gasteiger partial charge is 0.462 e. The molecule has 170 valence electrons. The van der Waals surface area contributed by atoms with Crippen LogP contribution in [-0.2, 0) is 14.3 Å². The Kier molecular flexibility index (Phi) is 6.46. The quantitative estimate of drug-likeness (QED) is 0.498. The Morgan fingerprint density at radius 1 is 0.909 bits per heavy atom. The molecule has 2 heterocycles. The maximum atomic E-state index is 13.6. The summed E-state index contributed by atoms with van der Waals surface area (Å²) in [4.78, 5) is 39.0. The summed E-state index contributed by atoms with van der Waals surface area (Å²) in [6, 6.07) is 14.7. The Hall–Kier alpha value is -3.65. The van der Waals surface area contributed by atoms with Crippen molar-refractivity contribution >= 4 is 34.2 Å². The number of anilines is 1. The van der Waals surface area contributed by atoms with Crippen molar-refractivity contribution in [2.24, 2.45) is 0 Å². The van der Waals surface area contributed by atoms with Gasteiger partial charge < -0.3 is 19.5 Å². The lowest BCUT2D eigenvalue weighted by Crippen LogP contribution is -2.25. The Balaban J connectivity index is 1.76. The standard InChI is InChI=1S/C25H23NO6S/c1-4-30-24(28)19-14(3)21(25(29)31-5-2)33-23(19)26-22(27)20-15-10-6-8-12-17(15)32-18-13-9-7-11-16(18)20/h6-13,20H,4-5H2,1-3H3,(H,26,27). The van der Waals surface area contributed by atoms with Gasteiger partial charge in [0.05, 0.1) is 24.7 Å². The van der Waals surface area contributed by atoms with Gasteiger partial charge in [-0.25, -0.2) is 9.59 Å². The van der Waals surface area contributed by atoms with Gasteiger partial charge in [-0.15, -0.1) is 11.3 Å². The number of hydrogen-bond donors (Lipinski definition) is 1. The van der Waals surface area contributed by atoms with Crippen LogP contribution in [0.3, 0.4) is 0 Å². The van der Waals surface area contributed by atoms with Crippen molar-refractivity contribution in [2.75, 3.05) is 18.5 Å². The summed E-state index contributed by atoms with van der Waals surface area (Å²) in [7, 11) is 0. The van der Waals surface area contributed by atoms with E-state index < -0.39 is 17.9 Å². The second-order valence-electron chi connectivity index (χ2n) is 7.30. The lowest BCUT2D eigenvalue weighted by atomic mass is 9.87. The molecule has 0 fully saturated rings. The highest BCUT2D eigenvalue weighted by atomic mass is 32.1. The first-order valence-corrected chi connectivity index (χ1v) is 11.4. The number of hydrogen-bond acceptors (Lipinski definition) is 7. The normalized spacial score (nSPS) is 12.2. The Morgan fingerprint density at radius 2 is 1.45 bits per heavy atom. The van der Waals surface area contributed by atoms with Gasteiger partial charge >= 0.3 is 11.9 Å². The molecule has 0 aliphatic carbocycles. The van der Waals surface area contributed by atoms with Crippen molar-refractivity contribution in [3.05, 3.63) is 75.7 Å². The molecule has 8 heteroatoms. The van der Waals surface area contributed by atoms with E-state index in [1.54, 1.807) is 20.8 Å². The highest BCUT2D eigenvalue weighted by Gasteiger charge is 2.34. The third kappa shape index (κ3) is 4.21. The number of rotatable bonds is 6. The van der Waals surface area contributed by atoms with E-state index in [2.05, 4.69) is 5.32 Å². The molecule has 0 saturated carbocycles. The fourth-order valence-electron chi connectivity index (χ4n) is 3.82. The van der Waals surface area contributed by atoms with Crippen LogP contribution >= 0.6 is 11.3 Å². The molecule has 0 unspecified atom stereocenters. The monoisotopic (exact) mass is 465 g/mol. The Morgan fingerprint density at radius 3 is 2.03 bits per heavy atom. The maximum absolute atomic E-state index is 13.6. The SMILES string of the molecule is CCOC(=O)c1sc(NC(=O)C2c3ccccc3Oc3ccccc32)c(C(=O)OCC)c1C. The number of thiophene rings is 1. The van der Waals surface area contributed by atoms with Crippen LogP contribution in [0.25, 0.3) is 0 Å². The van der Waals surface area contributed by atoms with Gasteiger partial charge in [0.15, 0.2) is 0 Å². The number of amides is 1. The van der Waals surface area contributed by atoms with Crippen LogP contribution in [0, 0.1) is 6.92 Å². The predicted octanol–water partition coefficient (Wildman–Crippen LogP) is 5.29. The van der Waals surface area contributed by atoms with Crippen molar-refractivity contribution in [2.45, 2.75) is 26.7 Å². The van der Waals surface area contributed by atoms with Crippen LogP contribution < -0.4 is 10.1 Å². The number of fused-ring (bicyclic) bond motifs is 2. The van der Waals surface area contributed by atoms with Crippen LogP contribution in [0.5, 0.6) is 11.5 Å². The number of para-hydroxylation sites is 2. The molecule has 1 N–H and O–H groups in total. The van der Waals surface area contributed by atoms with E-state index >= 15 is 0 Å². The smallest absolute Gasteiger partial charge is 0.348 e. The molecule has 4 rings (SSSR count). The van der Waals surface area contributed by atoms with E-state index in [1.807, 2.05) is 48.5 Å². The van der Waals surface area contributed by atoms with Gasteiger partial charge in [-0.3, -0.25) is 4.79 Å². The minimum atomic E-state index is -0.658. The van der Waals surface area contributed by atoms with Gasteiger partial charge in [0.25, 0.3) is 0 Å². The van der Waals surface area contributed by atoms with Crippen molar-refractivity contribution in [1.82, 2.24) is 0 Å². The molecular weight excluding hydrogens is 442 g/mol. The summed E-state index contributed by atoms with van der Waals surface area (Å²) in [6.07, 6.45) is 0. The van der Waals surface area contributed by atoms with Gasteiger partial charge in [0, 0.05) is 11.1 Å². The minimum absolute atomic E-state index is 0.159. The molecule has 0 spiro atoms. The lowest BCUT2D eigenvalue weighted by molar-refractivity contribution is -0.116. The molecule has 3 aromatic rings. The summed E-state index contributed by atoms with van der Waals surface area (Å²) in [5, 5.41) is 3.13. The van der Waals surface area contributed by atoms with E-state index in [4.69, 9.17) is 14.2 Å². The van der Waals surface area contributed by atoms with Gasteiger partial charge in [0.1, 0.15) is 21.4 Å². The average molecular weight is 466 g/mol. The molecule has 0 radical (unpaired) electrons. The lowest BCUT2D eigenvalue weighted by Gasteiger charge is -2.27. The zero-order chi connectivity index (χ0) is 23.5. The fourth-order valence-corrected chi connectivity index (χ4v) is 4.91. The number of ether oxygens (including phenoxy) is 3. The minimum Gasteiger partial charge on any atom is -0.462 e. The van der Waals surface area contributed by atoms with E-state index in [-0.39, 0.29) is 34.6 Å². The summed E-state index contributed by atoms with van der Waals surface area (Å²) >= 11 is 1.00. The third-order valence-electron chi connectivity index (χ3n) is 5.27. The van der Waals surface area contributed by atoms with Gasteiger partial charge in [-0.05, 0) is 38.5 Å². The number of benzene rings is 2. The molecule has 1 aromatic heterocycles. The number of esters is 2. The second kappa shape index (κ2) is 9.46. The topological polar surface area (TPSA) is 90.9 Å². The molecule has 0 saturated heterocycles. The first-order valence-electron chi connectivity index (χ1n) is 10.6. The van der Waals surface area contributed by atoms with E-state index in [0.717, 1.165) is 11.3 Å². The van der Waals surface area contributed by atoms with Crippen LogP contribution in [0.1, 0.15) is 56.5 Å². The van der Waals surface area contributed by atoms with Crippen LogP contribution in [0.2, 0.25) is 0 Å². The van der Waals surface area contributed by atoms with Crippen molar-refractivity contribution in [3.63, 3.8) is 0 Å². The zero-order valence-corrected chi connectivity index (χ0v) is 19.3. The number of carbonyl (C=O) groups excluding carboxylic acids is 3. The van der Waals surface area contributed by atoms with E-state index in [1.165, 1.54) is 0 Å². The number of nitrogens with one attached hydrogen (secondary N) is 1. The second-order valence-corrected chi connectivity index (χ2v) is 8.32. The maximum Gasteiger partial charge on any atom is 0.348 e. The van der Waals surface area contributed by atoms with Crippen molar-refractivity contribution < 1.29 is 28.6 Å². The highest BCUT2D eigenvalue weighted by Crippen LogP contribution is 2.45. The van der Waals surface area contributed by atoms with Gasteiger partial charge in [0.2, 0.25) is 5.91 Å². The van der Waals surface area contributed by atoms with Gasteiger partial charge in [-0.1, -0.05) is 36.4 Å². The zero-order valence-electron chi connectivity index (χ0n) is 18.5.